The Hall–Kier alpha value is -0.0400. The maximum Gasteiger partial charge on any atom is 0.0207 e. The minimum Gasteiger partial charge on any atom is -0.311 e. The molecule has 1 saturated heterocycles. The van der Waals surface area contributed by atoms with Gasteiger partial charge < -0.3 is 5.32 Å². The first-order chi connectivity index (χ1) is 5.33. The molecular weight excluding hydrogens is 134 g/mol. The highest BCUT2D eigenvalue weighted by Crippen LogP contribution is 2.39. The molecule has 0 amide bonds. The smallest absolute Gasteiger partial charge is 0.0207 e. The van der Waals surface area contributed by atoms with Gasteiger partial charge in [-0.25, -0.2) is 0 Å². The zero-order chi connectivity index (χ0) is 7.73. The molecule has 1 saturated carbocycles. The highest BCUT2D eigenvalue weighted by atomic mass is 15.0. The lowest BCUT2D eigenvalue weighted by atomic mass is 9.73. The summed E-state index contributed by atoms with van der Waals surface area (Å²) in [7, 11) is 0. The molecule has 0 bridgehead atoms. The lowest BCUT2D eigenvalue weighted by Gasteiger charge is -2.39. The summed E-state index contributed by atoms with van der Waals surface area (Å²) in [6, 6.07) is 0. The van der Waals surface area contributed by atoms with Crippen LogP contribution in [0.25, 0.3) is 0 Å². The van der Waals surface area contributed by atoms with Gasteiger partial charge in [-0.05, 0) is 38.1 Å². The van der Waals surface area contributed by atoms with Crippen LogP contribution in [-0.4, -0.2) is 12.1 Å². The standard InChI is InChI=1S/C10H19N/c1-9-5-2-3-6-10(9)7-4-8-11-10/h9,11H,2-8H2,1H3/t9?,10-/m0/s1. The Morgan fingerprint density at radius 2 is 2.00 bits per heavy atom. The predicted octanol–water partition coefficient (Wildman–Crippen LogP) is 2.32. The Balaban J connectivity index is 2.07. The third-order valence-corrected chi connectivity index (χ3v) is 3.73. The molecular formula is C10H19N. The van der Waals surface area contributed by atoms with Crippen molar-refractivity contribution >= 4 is 0 Å². The van der Waals surface area contributed by atoms with Gasteiger partial charge in [-0.2, -0.15) is 0 Å². The summed E-state index contributed by atoms with van der Waals surface area (Å²) in [5, 5.41) is 3.72. The van der Waals surface area contributed by atoms with E-state index in [1.165, 1.54) is 45.1 Å². The SMILES string of the molecule is CC1CCCC[C@]12CCCN2. The molecule has 0 aromatic heterocycles. The van der Waals surface area contributed by atoms with Gasteiger partial charge in [0.2, 0.25) is 0 Å². The summed E-state index contributed by atoms with van der Waals surface area (Å²) in [5.74, 6) is 0.929. The fourth-order valence-electron chi connectivity index (χ4n) is 2.88. The topological polar surface area (TPSA) is 12.0 Å². The molecule has 2 rings (SSSR count). The monoisotopic (exact) mass is 153 g/mol. The Bertz CT molecular complexity index is 136. The van der Waals surface area contributed by atoms with Crippen LogP contribution in [-0.2, 0) is 0 Å². The van der Waals surface area contributed by atoms with Gasteiger partial charge in [-0.1, -0.05) is 19.8 Å². The molecule has 2 aliphatic rings. The first-order valence-electron chi connectivity index (χ1n) is 5.08. The van der Waals surface area contributed by atoms with Gasteiger partial charge in [-0.3, -0.25) is 0 Å². The van der Waals surface area contributed by atoms with E-state index in [1.807, 2.05) is 0 Å². The van der Waals surface area contributed by atoms with Crippen molar-refractivity contribution in [1.29, 1.82) is 0 Å². The van der Waals surface area contributed by atoms with E-state index in [0.717, 1.165) is 5.92 Å². The molecule has 1 heteroatoms. The zero-order valence-electron chi connectivity index (χ0n) is 7.53. The van der Waals surface area contributed by atoms with Crippen molar-refractivity contribution in [2.45, 2.75) is 51.0 Å². The molecule has 0 radical (unpaired) electrons. The van der Waals surface area contributed by atoms with Crippen LogP contribution in [0.15, 0.2) is 0 Å². The number of hydrogen-bond acceptors (Lipinski definition) is 1. The van der Waals surface area contributed by atoms with Crippen LogP contribution < -0.4 is 5.32 Å². The average Bonchev–Trinajstić information content (AvgIpc) is 2.46. The van der Waals surface area contributed by atoms with Crippen molar-refractivity contribution in [3.05, 3.63) is 0 Å². The summed E-state index contributed by atoms with van der Waals surface area (Å²) in [6.07, 6.45) is 8.65. The molecule has 1 unspecified atom stereocenters. The van der Waals surface area contributed by atoms with Crippen LogP contribution >= 0.6 is 0 Å². The maximum absolute atomic E-state index is 3.72. The number of nitrogens with one attached hydrogen (secondary N) is 1. The van der Waals surface area contributed by atoms with Gasteiger partial charge in [0.15, 0.2) is 0 Å². The van der Waals surface area contributed by atoms with Gasteiger partial charge in [-0.15, -0.1) is 0 Å². The van der Waals surface area contributed by atoms with Crippen LogP contribution in [0.3, 0.4) is 0 Å². The molecule has 1 aliphatic heterocycles. The van der Waals surface area contributed by atoms with Crippen LogP contribution in [0.2, 0.25) is 0 Å². The van der Waals surface area contributed by atoms with Crippen molar-refractivity contribution in [2.75, 3.05) is 6.54 Å². The summed E-state index contributed by atoms with van der Waals surface area (Å²) >= 11 is 0. The van der Waals surface area contributed by atoms with Gasteiger partial charge in [0.25, 0.3) is 0 Å². The third kappa shape index (κ3) is 1.20. The summed E-state index contributed by atoms with van der Waals surface area (Å²) in [6.45, 7) is 3.70. The van der Waals surface area contributed by atoms with Gasteiger partial charge in [0, 0.05) is 5.54 Å². The minimum absolute atomic E-state index is 0.582. The molecule has 1 nitrogen and oxygen atoms in total. The van der Waals surface area contributed by atoms with Crippen molar-refractivity contribution in [3.8, 4) is 0 Å². The van der Waals surface area contributed by atoms with E-state index < -0.39 is 0 Å². The summed E-state index contributed by atoms with van der Waals surface area (Å²) in [4.78, 5) is 0. The molecule has 11 heavy (non-hydrogen) atoms. The van der Waals surface area contributed by atoms with Crippen molar-refractivity contribution < 1.29 is 0 Å². The molecule has 1 spiro atoms. The second-order valence-corrected chi connectivity index (χ2v) is 4.33. The third-order valence-electron chi connectivity index (χ3n) is 3.73. The molecule has 0 aromatic carbocycles. The van der Waals surface area contributed by atoms with Crippen molar-refractivity contribution in [2.24, 2.45) is 5.92 Å². The van der Waals surface area contributed by atoms with Crippen LogP contribution in [0.4, 0.5) is 0 Å². The molecule has 64 valence electrons. The second-order valence-electron chi connectivity index (χ2n) is 4.33. The normalized spacial score (nSPS) is 45.0. The fraction of sp³-hybridized carbons (Fsp3) is 1.00. The number of rotatable bonds is 0. The van der Waals surface area contributed by atoms with Crippen LogP contribution in [0.1, 0.15) is 45.4 Å². The van der Waals surface area contributed by atoms with E-state index in [-0.39, 0.29) is 0 Å². The fourth-order valence-corrected chi connectivity index (χ4v) is 2.88. The zero-order valence-corrected chi connectivity index (χ0v) is 7.53. The van der Waals surface area contributed by atoms with E-state index in [2.05, 4.69) is 12.2 Å². The Morgan fingerprint density at radius 1 is 1.18 bits per heavy atom. The first-order valence-corrected chi connectivity index (χ1v) is 5.08. The van der Waals surface area contributed by atoms with E-state index >= 15 is 0 Å². The quantitative estimate of drug-likeness (QED) is 0.563. The number of hydrogen-bond donors (Lipinski definition) is 1. The summed E-state index contributed by atoms with van der Waals surface area (Å²) < 4.78 is 0. The van der Waals surface area contributed by atoms with Crippen molar-refractivity contribution in [3.63, 3.8) is 0 Å². The summed E-state index contributed by atoms with van der Waals surface area (Å²) in [5.41, 5.74) is 0.582. The highest BCUT2D eigenvalue weighted by molar-refractivity contribution is 4.98. The highest BCUT2D eigenvalue weighted by Gasteiger charge is 2.39. The molecule has 2 fully saturated rings. The lowest BCUT2D eigenvalue weighted by molar-refractivity contribution is 0.179. The van der Waals surface area contributed by atoms with E-state index in [0.29, 0.717) is 5.54 Å². The second kappa shape index (κ2) is 2.78. The lowest BCUT2D eigenvalue weighted by Crippen LogP contribution is -2.47. The van der Waals surface area contributed by atoms with E-state index in [4.69, 9.17) is 0 Å². The van der Waals surface area contributed by atoms with Gasteiger partial charge >= 0.3 is 0 Å². The largest absolute Gasteiger partial charge is 0.311 e. The van der Waals surface area contributed by atoms with Crippen LogP contribution in [0.5, 0.6) is 0 Å². The molecule has 1 N–H and O–H groups in total. The Kier molecular flexibility index (Phi) is 1.92. The van der Waals surface area contributed by atoms with Crippen molar-refractivity contribution in [1.82, 2.24) is 5.32 Å². The van der Waals surface area contributed by atoms with Gasteiger partial charge in [0.1, 0.15) is 0 Å². The average molecular weight is 153 g/mol. The molecule has 1 aliphatic carbocycles. The van der Waals surface area contributed by atoms with E-state index in [9.17, 15) is 0 Å². The maximum atomic E-state index is 3.72. The minimum atomic E-state index is 0.582. The molecule has 0 aromatic rings. The van der Waals surface area contributed by atoms with Gasteiger partial charge in [0.05, 0.1) is 0 Å². The van der Waals surface area contributed by atoms with Crippen LogP contribution in [0, 0.1) is 5.92 Å². The Morgan fingerprint density at radius 3 is 2.64 bits per heavy atom. The predicted molar refractivity (Wildman–Crippen MR) is 47.6 cm³/mol. The first kappa shape index (κ1) is 7.60. The van der Waals surface area contributed by atoms with E-state index in [1.54, 1.807) is 0 Å². The molecule has 1 heterocycles. The Labute approximate surface area is 69.6 Å². The molecule has 2 atom stereocenters.